The zero-order valence-corrected chi connectivity index (χ0v) is 18.9. The third-order valence-electron chi connectivity index (χ3n) is 5.26. The van der Waals surface area contributed by atoms with Crippen molar-refractivity contribution in [3.8, 4) is 11.5 Å². The van der Waals surface area contributed by atoms with Crippen LogP contribution in [0.25, 0.3) is 11.5 Å². The van der Waals surface area contributed by atoms with Crippen molar-refractivity contribution >= 4 is 28.3 Å². The Hall–Kier alpha value is -3.18. The Morgan fingerprint density at radius 3 is 2.73 bits per heavy atom. The number of piperidine rings is 1. The molecule has 3 aromatic rings. The summed E-state index contributed by atoms with van der Waals surface area (Å²) >= 11 is 1.28. The maximum Gasteiger partial charge on any atom is 0.311 e. The number of benzene rings is 1. The minimum Gasteiger partial charge on any atom is -0.466 e. The zero-order chi connectivity index (χ0) is 23.2. The third kappa shape index (κ3) is 6.20. The number of rotatable bonds is 8. The number of nitrogens with zero attached hydrogens (tertiary/aromatic N) is 4. The van der Waals surface area contributed by atoms with Crippen LogP contribution in [0.1, 0.15) is 37.3 Å². The molecule has 0 spiro atoms. The number of likely N-dealkylation sites (tertiary alicyclic amines) is 1. The van der Waals surface area contributed by atoms with Crippen LogP contribution in [0.3, 0.4) is 0 Å². The fraction of sp³-hybridized carbons (Fsp3) is 0.409. The molecule has 0 unspecified atom stereocenters. The van der Waals surface area contributed by atoms with E-state index in [-0.39, 0.29) is 36.6 Å². The van der Waals surface area contributed by atoms with Gasteiger partial charge in [0.25, 0.3) is 0 Å². The Morgan fingerprint density at radius 2 is 2.00 bits per heavy atom. The van der Waals surface area contributed by atoms with Crippen LogP contribution >= 0.6 is 11.3 Å². The molecular weight excluding hydrogens is 449 g/mol. The van der Waals surface area contributed by atoms with Crippen molar-refractivity contribution in [2.75, 3.05) is 31.6 Å². The fourth-order valence-corrected chi connectivity index (χ4v) is 4.34. The molecule has 1 aliphatic heterocycles. The van der Waals surface area contributed by atoms with Gasteiger partial charge < -0.3 is 14.5 Å². The second-order valence-electron chi connectivity index (χ2n) is 7.68. The van der Waals surface area contributed by atoms with E-state index < -0.39 is 0 Å². The molecule has 33 heavy (non-hydrogen) atoms. The standard InChI is InChI=1S/C22H24FN5O4S/c1-2-31-19(30)11-17-13-33-22(24-17)25-18(29)12-28-9-7-15(8-10-28)21-27-26-20(32-21)14-3-5-16(23)6-4-14/h3-6,13,15H,2,7-12H2,1H3,(H,24,25,29). The smallest absolute Gasteiger partial charge is 0.311 e. The first-order valence-corrected chi connectivity index (χ1v) is 11.6. The summed E-state index contributed by atoms with van der Waals surface area (Å²) in [7, 11) is 0. The second-order valence-corrected chi connectivity index (χ2v) is 8.53. The minimum atomic E-state index is -0.338. The molecular formula is C22H24FN5O4S. The number of carbonyl (C=O) groups is 2. The van der Waals surface area contributed by atoms with Gasteiger partial charge in [-0.2, -0.15) is 0 Å². The number of thiazole rings is 1. The molecule has 0 atom stereocenters. The van der Waals surface area contributed by atoms with Gasteiger partial charge in [0.15, 0.2) is 5.13 Å². The van der Waals surface area contributed by atoms with Gasteiger partial charge in [0.2, 0.25) is 17.7 Å². The first-order valence-electron chi connectivity index (χ1n) is 10.7. The Balaban J connectivity index is 1.23. The highest BCUT2D eigenvalue weighted by Gasteiger charge is 2.26. The number of nitrogens with one attached hydrogen (secondary N) is 1. The van der Waals surface area contributed by atoms with Crippen LogP contribution in [0.5, 0.6) is 0 Å². The van der Waals surface area contributed by atoms with Crippen LogP contribution in [0, 0.1) is 5.82 Å². The molecule has 9 nitrogen and oxygen atoms in total. The lowest BCUT2D eigenvalue weighted by Crippen LogP contribution is -2.38. The van der Waals surface area contributed by atoms with E-state index in [1.54, 1.807) is 24.4 Å². The van der Waals surface area contributed by atoms with E-state index in [0.717, 1.165) is 25.9 Å². The van der Waals surface area contributed by atoms with Crippen LogP contribution in [0.2, 0.25) is 0 Å². The summed E-state index contributed by atoms with van der Waals surface area (Å²) in [6.45, 7) is 3.77. The molecule has 1 N–H and O–H groups in total. The molecule has 0 bridgehead atoms. The highest BCUT2D eigenvalue weighted by Crippen LogP contribution is 2.29. The Kier molecular flexibility index (Phi) is 7.40. The molecule has 1 amide bonds. The molecule has 11 heteroatoms. The summed E-state index contributed by atoms with van der Waals surface area (Å²) in [5, 5.41) is 13.2. The fourth-order valence-electron chi connectivity index (χ4n) is 3.61. The summed E-state index contributed by atoms with van der Waals surface area (Å²) in [6, 6.07) is 5.93. The monoisotopic (exact) mass is 473 g/mol. The van der Waals surface area contributed by atoms with Gasteiger partial charge >= 0.3 is 5.97 Å². The van der Waals surface area contributed by atoms with Gasteiger partial charge in [-0.3, -0.25) is 14.5 Å². The van der Waals surface area contributed by atoms with Crippen LogP contribution in [-0.2, 0) is 20.7 Å². The van der Waals surface area contributed by atoms with Gasteiger partial charge in [-0.15, -0.1) is 21.5 Å². The number of carbonyl (C=O) groups excluding carboxylic acids is 2. The van der Waals surface area contributed by atoms with E-state index in [4.69, 9.17) is 9.15 Å². The van der Waals surface area contributed by atoms with E-state index in [1.807, 2.05) is 0 Å². The Morgan fingerprint density at radius 1 is 1.24 bits per heavy atom. The van der Waals surface area contributed by atoms with Crippen LogP contribution in [0.4, 0.5) is 9.52 Å². The van der Waals surface area contributed by atoms with Crippen molar-refractivity contribution in [2.24, 2.45) is 0 Å². The first-order chi connectivity index (χ1) is 16.0. The van der Waals surface area contributed by atoms with Crippen molar-refractivity contribution in [1.82, 2.24) is 20.1 Å². The van der Waals surface area contributed by atoms with Crippen molar-refractivity contribution in [3.05, 3.63) is 47.0 Å². The second kappa shape index (κ2) is 10.6. The maximum atomic E-state index is 13.1. The summed E-state index contributed by atoms with van der Waals surface area (Å²) < 4.78 is 23.8. The number of aromatic nitrogens is 3. The minimum absolute atomic E-state index is 0.0896. The molecule has 4 rings (SSSR count). The number of hydrogen-bond acceptors (Lipinski definition) is 9. The van der Waals surface area contributed by atoms with Gasteiger partial charge in [-0.25, -0.2) is 9.37 Å². The van der Waals surface area contributed by atoms with Gasteiger partial charge in [-0.05, 0) is 57.1 Å². The molecule has 2 aromatic heterocycles. The maximum absolute atomic E-state index is 13.1. The van der Waals surface area contributed by atoms with Crippen molar-refractivity contribution in [3.63, 3.8) is 0 Å². The molecule has 1 saturated heterocycles. The van der Waals surface area contributed by atoms with Gasteiger partial charge in [0.05, 0.1) is 25.3 Å². The van der Waals surface area contributed by atoms with Crippen molar-refractivity contribution in [2.45, 2.75) is 32.1 Å². The van der Waals surface area contributed by atoms with Crippen molar-refractivity contribution < 1.29 is 23.1 Å². The lowest BCUT2D eigenvalue weighted by atomic mass is 9.97. The predicted molar refractivity (Wildman–Crippen MR) is 119 cm³/mol. The summed E-state index contributed by atoms with van der Waals surface area (Å²) in [5.74, 6) is 0.252. The van der Waals surface area contributed by atoms with Gasteiger partial charge in [0, 0.05) is 16.9 Å². The Labute approximate surface area is 194 Å². The zero-order valence-electron chi connectivity index (χ0n) is 18.1. The predicted octanol–water partition coefficient (Wildman–Crippen LogP) is 3.26. The third-order valence-corrected chi connectivity index (χ3v) is 6.07. The highest BCUT2D eigenvalue weighted by atomic mass is 32.1. The normalized spacial score (nSPS) is 14.8. The lowest BCUT2D eigenvalue weighted by Gasteiger charge is -2.29. The van der Waals surface area contributed by atoms with Crippen molar-refractivity contribution in [1.29, 1.82) is 0 Å². The topological polar surface area (TPSA) is 110 Å². The first kappa shape index (κ1) is 23.0. The molecule has 0 radical (unpaired) electrons. The van der Waals surface area contributed by atoms with E-state index in [2.05, 4.69) is 25.4 Å². The Bertz CT molecular complexity index is 1090. The number of halogens is 1. The van der Waals surface area contributed by atoms with E-state index in [1.165, 1.54) is 23.5 Å². The SMILES string of the molecule is CCOC(=O)Cc1csc(NC(=O)CN2CCC(c3nnc(-c4ccc(F)cc4)o3)CC2)n1. The summed E-state index contributed by atoms with van der Waals surface area (Å²) in [6.07, 6.45) is 1.67. The lowest BCUT2D eigenvalue weighted by molar-refractivity contribution is -0.142. The van der Waals surface area contributed by atoms with Crippen LogP contribution in [0.15, 0.2) is 34.1 Å². The number of amides is 1. The summed E-state index contributed by atoms with van der Waals surface area (Å²) in [4.78, 5) is 30.3. The molecule has 1 aromatic carbocycles. The van der Waals surface area contributed by atoms with Crippen LogP contribution in [-0.4, -0.2) is 58.2 Å². The average Bonchev–Trinajstić information content (AvgIpc) is 3.45. The van der Waals surface area contributed by atoms with Gasteiger partial charge in [-0.1, -0.05) is 0 Å². The largest absolute Gasteiger partial charge is 0.466 e. The average molecular weight is 474 g/mol. The molecule has 0 aliphatic carbocycles. The van der Waals surface area contributed by atoms with E-state index in [9.17, 15) is 14.0 Å². The molecule has 1 aliphatic rings. The number of hydrogen-bond donors (Lipinski definition) is 1. The molecule has 3 heterocycles. The quantitative estimate of drug-likeness (QED) is 0.497. The van der Waals surface area contributed by atoms with E-state index in [0.29, 0.717) is 34.8 Å². The van der Waals surface area contributed by atoms with Gasteiger partial charge in [0.1, 0.15) is 5.82 Å². The summed E-state index contributed by atoms with van der Waals surface area (Å²) in [5.41, 5.74) is 1.26. The number of ether oxygens (including phenoxy) is 1. The molecule has 1 fully saturated rings. The molecule has 0 saturated carbocycles. The molecule has 174 valence electrons. The van der Waals surface area contributed by atoms with Crippen LogP contribution < -0.4 is 5.32 Å². The highest BCUT2D eigenvalue weighted by molar-refractivity contribution is 7.13. The van der Waals surface area contributed by atoms with E-state index >= 15 is 0 Å². The number of anilines is 1. The number of esters is 1.